The van der Waals surface area contributed by atoms with Crippen molar-refractivity contribution in [3.63, 3.8) is 0 Å². The van der Waals surface area contributed by atoms with E-state index >= 15 is 0 Å². The van der Waals surface area contributed by atoms with Crippen LogP contribution in [0.5, 0.6) is 0 Å². The minimum atomic E-state index is -0.385. The maximum atomic E-state index is 13.3. The summed E-state index contributed by atoms with van der Waals surface area (Å²) in [5.41, 5.74) is 3.59. The fraction of sp³-hybridized carbons (Fsp3) is 0.381. The number of hydrogen-bond donors (Lipinski definition) is 0. The molecule has 0 heterocycles. The maximum absolute atomic E-state index is 13.3. The molecule has 6 nitrogen and oxygen atoms in total. The van der Waals surface area contributed by atoms with Crippen LogP contribution in [0.2, 0.25) is 30.1 Å². The summed E-state index contributed by atoms with van der Waals surface area (Å²) >= 11 is 40.4. The topological polar surface area (TPSA) is 83.6 Å². The number of azo groups is 2. The van der Waals surface area contributed by atoms with Gasteiger partial charge in [0.1, 0.15) is 11.4 Å². The summed E-state index contributed by atoms with van der Waals surface area (Å²) in [5, 5.41) is 17.6. The number of hydrogen-bond acceptors (Lipinski definition) is 6. The lowest BCUT2D eigenvalue weighted by Crippen LogP contribution is -2.27. The number of ketones is 2. The highest BCUT2D eigenvalue weighted by Crippen LogP contribution is 2.52. The van der Waals surface area contributed by atoms with Crippen molar-refractivity contribution < 1.29 is 9.59 Å². The fourth-order valence-corrected chi connectivity index (χ4v) is 7.32. The highest BCUT2D eigenvalue weighted by molar-refractivity contribution is 6.53. The number of allylic oxidation sites excluding steroid dienone is 10. The molecule has 0 saturated heterocycles. The third kappa shape index (κ3) is 9.57. The predicted molar refractivity (Wildman–Crippen MR) is 227 cm³/mol. The Labute approximate surface area is 348 Å². The molecule has 12 heteroatoms. The molecule has 2 aliphatic rings. The molecule has 0 amide bonds. The first-order chi connectivity index (χ1) is 24.6. The molecule has 4 rings (SSSR count). The van der Waals surface area contributed by atoms with E-state index in [0.29, 0.717) is 33.4 Å². The molecule has 286 valence electrons. The quantitative estimate of drug-likeness (QED) is 0.222. The fourth-order valence-electron chi connectivity index (χ4n) is 5.74. The third-order valence-electron chi connectivity index (χ3n) is 8.74. The predicted octanol–water partition coefficient (Wildman–Crippen LogP) is 16.3. The Kier molecular flexibility index (Phi) is 13.0. The number of nitrogens with zero attached hydrogens (tertiary/aromatic N) is 4. The molecular formula is C42H44Cl6N4O2. The summed E-state index contributed by atoms with van der Waals surface area (Å²) in [6.07, 6.45) is 10.4. The van der Waals surface area contributed by atoms with Crippen molar-refractivity contribution in [2.45, 2.75) is 83.1 Å². The summed E-state index contributed by atoms with van der Waals surface area (Å²) in [6.45, 7) is 24.0. The molecule has 0 N–H and O–H groups in total. The van der Waals surface area contributed by atoms with Gasteiger partial charge in [-0.3, -0.25) is 9.59 Å². The van der Waals surface area contributed by atoms with E-state index in [9.17, 15) is 9.59 Å². The van der Waals surface area contributed by atoms with Crippen LogP contribution < -0.4 is 0 Å². The molecule has 54 heavy (non-hydrogen) atoms. The zero-order chi connectivity index (χ0) is 40.9. The summed E-state index contributed by atoms with van der Waals surface area (Å²) in [6, 6.07) is 3.08. The van der Waals surface area contributed by atoms with Gasteiger partial charge in [0.25, 0.3) is 0 Å². The van der Waals surface area contributed by atoms with Crippen LogP contribution >= 0.6 is 69.6 Å². The first-order valence-corrected chi connectivity index (χ1v) is 19.5. The number of carbonyl (C=O) groups excluding carboxylic acids is 2. The largest absolute Gasteiger partial charge is 0.289 e. The van der Waals surface area contributed by atoms with Crippen LogP contribution in [0.4, 0.5) is 11.4 Å². The molecule has 0 spiro atoms. The Hall–Kier alpha value is -2.84. The van der Waals surface area contributed by atoms with E-state index in [4.69, 9.17) is 69.6 Å². The van der Waals surface area contributed by atoms with Crippen molar-refractivity contribution >= 4 is 92.5 Å². The normalized spacial score (nSPS) is 16.3. The van der Waals surface area contributed by atoms with E-state index in [1.54, 1.807) is 12.3 Å². The van der Waals surface area contributed by atoms with Crippen LogP contribution in [0.15, 0.2) is 103 Å². The average Bonchev–Trinajstić information content (AvgIpc) is 3.02. The smallest absolute Gasteiger partial charge is 0.186 e. The summed E-state index contributed by atoms with van der Waals surface area (Å²) < 4.78 is 0. The zero-order valence-corrected chi connectivity index (χ0v) is 37.0. The minimum Gasteiger partial charge on any atom is -0.289 e. The SMILES string of the molecule is CC(C)(C)C1=CC(=CN=Nc2cc(Cl)c(-c3c(Cl)c(Cl)c(N=NC=C4C=C(C(C)(C)C)C(=O)C(C(C)(C)C)=C4)c(Cl)c3Cl)cc2Cl)C=C(C(C)(C)C)C1=O. The Balaban J connectivity index is 1.71. The van der Waals surface area contributed by atoms with E-state index < -0.39 is 0 Å². The van der Waals surface area contributed by atoms with E-state index in [0.717, 1.165) is 5.57 Å². The van der Waals surface area contributed by atoms with Gasteiger partial charge in [0, 0.05) is 33.4 Å². The van der Waals surface area contributed by atoms with Gasteiger partial charge in [-0.15, -0.1) is 10.2 Å². The van der Waals surface area contributed by atoms with Crippen LogP contribution in [-0.2, 0) is 9.59 Å². The molecule has 0 bridgehead atoms. The molecule has 2 aromatic rings. The van der Waals surface area contributed by atoms with Crippen molar-refractivity contribution in [2.75, 3.05) is 0 Å². The van der Waals surface area contributed by atoms with Gasteiger partial charge >= 0.3 is 0 Å². The van der Waals surface area contributed by atoms with Crippen molar-refractivity contribution in [3.8, 4) is 11.1 Å². The van der Waals surface area contributed by atoms with Crippen molar-refractivity contribution in [1.29, 1.82) is 0 Å². The van der Waals surface area contributed by atoms with E-state index in [-0.39, 0.29) is 80.3 Å². The number of benzene rings is 2. The van der Waals surface area contributed by atoms with Crippen LogP contribution in [0.1, 0.15) is 83.1 Å². The summed E-state index contributed by atoms with van der Waals surface area (Å²) in [5.74, 6) is 0.0342. The Morgan fingerprint density at radius 1 is 0.481 bits per heavy atom. The molecule has 2 aromatic carbocycles. The van der Waals surface area contributed by atoms with E-state index in [1.807, 2.05) is 107 Å². The molecule has 0 saturated carbocycles. The van der Waals surface area contributed by atoms with Gasteiger partial charge in [0.15, 0.2) is 11.6 Å². The van der Waals surface area contributed by atoms with Gasteiger partial charge in [-0.05, 0) is 69.2 Å². The first kappa shape index (κ1) is 43.9. The average molecular weight is 850 g/mol. The van der Waals surface area contributed by atoms with Gasteiger partial charge < -0.3 is 0 Å². The number of halogens is 6. The minimum absolute atomic E-state index is 0.00205. The highest BCUT2D eigenvalue weighted by Gasteiger charge is 2.35. The van der Waals surface area contributed by atoms with Crippen LogP contribution in [0.3, 0.4) is 0 Å². The zero-order valence-electron chi connectivity index (χ0n) is 32.5. The molecule has 0 fully saturated rings. The van der Waals surface area contributed by atoms with Gasteiger partial charge in [-0.2, -0.15) is 10.2 Å². The molecular weight excluding hydrogens is 805 g/mol. The van der Waals surface area contributed by atoms with Gasteiger partial charge in [0.05, 0.1) is 42.5 Å². The summed E-state index contributed by atoms with van der Waals surface area (Å²) in [4.78, 5) is 26.6. The monoisotopic (exact) mass is 846 g/mol. The van der Waals surface area contributed by atoms with Crippen LogP contribution in [0, 0.1) is 21.7 Å². The lowest BCUT2D eigenvalue weighted by atomic mass is 9.72. The Bertz CT molecular complexity index is 2090. The van der Waals surface area contributed by atoms with E-state index in [2.05, 4.69) is 20.5 Å². The van der Waals surface area contributed by atoms with E-state index in [1.165, 1.54) is 12.3 Å². The molecule has 0 aromatic heterocycles. The number of Topliss-reactive ketones (excluding diaryl/α,β-unsaturated/α-hetero) is 2. The number of carbonyl (C=O) groups is 2. The molecule has 0 unspecified atom stereocenters. The second kappa shape index (κ2) is 16.0. The highest BCUT2D eigenvalue weighted by atomic mass is 35.5. The van der Waals surface area contributed by atoms with Crippen molar-refractivity contribution in [1.82, 2.24) is 0 Å². The summed E-state index contributed by atoms with van der Waals surface area (Å²) in [7, 11) is 0. The van der Waals surface area contributed by atoms with Crippen molar-refractivity contribution in [3.05, 3.63) is 112 Å². The maximum Gasteiger partial charge on any atom is 0.186 e. The molecule has 2 aliphatic carbocycles. The van der Waals surface area contributed by atoms with Crippen molar-refractivity contribution in [2.24, 2.45) is 42.1 Å². The lowest BCUT2D eigenvalue weighted by molar-refractivity contribution is -0.114. The second-order valence-electron chi connectivity index (χ2n) is 17.3. The number of rotatable bonds is 5. The first-order valence-electron chi connectivity index (χ1n) is 17.2. The van der Waals surface area contributed by atoms with Gasteiger partial charge in [0.2, 0.25) is 0 Å². The Morgan fingerprint density at radius 3 is 1.19 bits per heavy atom. The Morgan fingerprint density at radius 2 is 0.833 bits per heavy atom. The van der Waals surface area contributed by atoms with Gasteiger partial charge in [-0.1, -0.05) is 153 Å². The lowest BCUT2D eigenvalue weighted by Gasteiger charge is -2.31. The standard InChI is InChI=1S/C42H44Cl6N4O2/c1-39(2,3)24-13-21(14-25(37(24)53)40(4,5)6)19-49-51-30-18-28(43)23(17-29(30)44)31-32(45)34(47)36(35(48)33(31)46)52-50-20-22-15-26(41(7,8)9)38(54)27(16-22)42(10,11)12/h13-20H,1-12H3. The van der Waals surface area contributed by atoms with Crippen LogP contribution in [0.25, 0.3) is 11.1 Å². The third-order valence-corrected chi connectivity index (χ3v) is 11.0. The molecule has 0 radical (unpaired) electrons. The molecule has 0 atom stereocenters. The second-order valence-corrected chi connectivity index (χ2v) is 19.7. The molecule has 0 aliphatic heterocycles. The van der Waals surface area contributed by atoms with Crippen LogP contribution in [-0.4, -0.2) is 11.6 Å². The van der Waals surface area contributed by atoms with Gasteiger partial charge in [-0.25, -0.2) is 0 Å².